The van der Waals surface area contributed by atoms with E-state index < -0.39 is 21.2 Å². The average molecular weight is 212 g/mol. The lowest BCUT2D eigenvalue weighted by atomic mass is 10.2. The Labute approximate surface area is 84.6 Å². The number of nitrogens with zero attached hydrogens (tertiary/aromatic N) is 2. The summed E-state index contributed by atoms with van der Waals surface area (Å²) < 4.78 is 4.73. The number of hydrogen-bond acceptors (Lipinski definition) is 5. The summed E-state index contributed by atoms with van der Waals surface area (Å²) in [5.74, 6) is -0.105. The highest BCUT2D eigenvalue weighted by Gasteiger charge is 2.29. The zero-order valence-corrected chi connectivity index (χ0v) is 8.09. The van der Waals surface area contributed by atoms with Gasteiger partial charge in [-0.2, -0.15) is 0 Å². The molecule has 1 aromatic rings. The van der Waals surface area contributed by atoms with E-state index >= 15 is 0 Å². The number of nitro groups is 2. The van der Waals surface area contributed by atoms with E-state index in [0.29, 0.717) is 5.56 Å². The van der Waals surface area contributed by atoms with E-state index in [0.717, 1.165) is 6.07 Å². The molecule has 7 heteroatoms. The quantitative estimate of drug-likeness (QED) is 0.562. The van der Waals surface area contributed by atoms with Gasteiger partial charge >= 0.3 is 11.4 Å². The molecule has 0 amide bonds. The molecule has 0 N–H and O–H groups in total. The lowest BCUT2D eigenvalue weighted by Gasteiger charge is -2.03. The van der Waals surface area contributed by atoms with Crippen LogP contribution < -0.4 is 4.74 Å². The van der Waals surface area contributed by atoms with Gasteiger partial charge in [0.15, 0.2) is 0 Å². The van der Waals surface area contributed by atoms with Crippen LogP contribution in [0.5, 0.6) is 5.75 Å². The minimum absolute atomic E-state index is 0.105. The first-order chi connectivity index (χ1) is 6.97. The Balaban J connectivity index is 3.54. The lowest BCUT2D eigenvalue weighted by Crippen LogP contribution is -2.00. The van der Waals surface area contributed by atoms with Crippen molar-refractivity contribution in [3.8, 4) is 5.75 Å². The Hall–Kier alpha value is -2.18. The molecular weight excluding hydrogens is 204 g/mol. The van der Waals surface area contributed by atoms with Crippen LogP contribution >= 0.6 is 0 Å². The van der Waals surface area contributed by atoms with Crippen LogP contribution in [0.4, 0.5) is 11.4 Å². The first-order valence-corrected chi connectivity index (χ1v) is 3.94. The molecule has 0 aliphatic carbocycles. The van der Waals surface area contributed by atoms with Gasteiger partial charge in [0, 0.05) is 6.07 Å². The van der Waals surface area contributed by atoms with Gasteiger partial charge in [-0.15, -0.1) is 0 Å². The van der Waals surface area contributed by atoms with Crippen molar-refractivity contribution in [1.29, 1.82) is 0 Å². The highest BCUT2D eigenvalue weighted by atomic mass is 16.6. The number of ether oxygens (including phenoxy) is 1. The van der Waals surface area contributed by atoms with Crippen LogP contribution in [0, 0.1) is 27.2 Å². The number of hydrogen-bond donors (Lipinski definition) is 0. The van der Waals surface area contributed by atoms with Crippen LogP contribution in [-0.2, 0) is 0 Å². The lowest BCUT2D eigenvalue weighted by molar-refractivity contribution is -0.423. The minimum atomic E-state index is -0.823. The average Bonchev–Trinajstić information content (AvgIpc) is 2.15. The summed E-state index contributed by atoms with van der Waals surface area (Å²) in [7, 11) is 1.23. The second-order valence-corrected chi connectivity index (χ2v) is 2.85. The third-order valence-electron chi connectivity index (χ3n) is 1.80. The third kappa shape index (κ3) is 2.01. The van der Waals surface area contributed by atoms with Crippen molar-refractivity contribution in [3.63, 3.8) is 0 Å². The molecule has 80 valence electrons. The van der Waals surface area contributed by atoms with Gasteiger partial charge in [0.05, 0.1) is 17.0 Å². The fraction of sp³-hybridized carbons (Fsp3) is 0.250. The minimum Gasteiger partial charge on any atom is -0.490 e. The zero-order valence-electron chi connectivity index (χ0n) is 8.09. The van der Waals surface area contributed by atoms with Gasteiger partial charge in [-0.25, -0.2) is 0 Å². The third-order valence-corrected chi connectivity index (χ3v) is 1.80. The molecule has 1 aromatic carbocycles. The van der Waals surface area contributed by atoms with E-state index in [1.54, 1.807) is 6.92 Å². The van der Waals surface area contributed by atoms with E-state index in [1.807, 2.05) is 0 Å². The van der Waals surface area contributed by atoms with Crippen molar-refractivity contribution in [2.24, 2.45) is 0 Å². The Morgan fingerprint density at radius 1 is 1.20 bits per heavy atom. The van der Waals surface area contributed by atoms with Crippen LogP contribution in [0.15, 0.2) is 12.1 Å². The molecule has 15 heavy (non-hydrogen) atoms. The van der Waals surface area contributed by atoms with E-state index in [4.69, 9.17) is 4.74 Å². The molecule has 0 fully saturated rings. The molecule has 0 aliphatic heterocycles. The molecule has 0 unspecified atom stereocenters. The molecule has 0 aromatic heterocycles. The number of methoxy groups -OCH3 is 1. The van der Waals surface area contributed by atoms with Crippen molar-refractivity contribution in [3.05, 3.63) is 37.9 Å². The van der Waals surface area contributed by atoms with Gasteiger partial charge in [0.25, 0.3) is 0 Å². The monoisotopic (exact) mass is 212 g/mol. The summed E-state index contributed by atoms with van der Waals surface area (Å²) in [6.45, 7) is 1.60. The molecule has 0 saturated carbocycles. The molecule has 7 nitrogen and oxygen atoms in total. The summed E-state index contributed by atoms with van der Waals surface area (Å²) in [5.41, 5.74) is -0.644. The van der Waals surface area contributed by atoms with E-state index in [2.05, 4.69) is 0 Å². The molecule has 0 aliphatic rings. The summed E-state index contributed by atoms with van der Waals surface area (Å²) in [6.07, 6.45) is 0. The van der Waals surface area contributed by atoms with Gasteiger partial charge in [0.2, 0.25) is 5.75 Å². The van der Waals surface area contributed by atoms with E-state index in [9.17, 15) is 20.2 Å². The molecule has 1 rings (SSSR count). The van der Waals surface area contributed by atoms with Crippen molar-refractivity contribution in [1.82, 2.24) is 0 Å². The van der Waals surface area contributed by atoms with Crippen LogP contribution in [0.25, 0.3) is 0 Å². The van der Waals surface area contributed by atoms with Gasteiger partial charge in [-0.3, -0.25) is 20.2 Å². The van der Waals surface area contributed by atoms with Crippen LogP contribution in [0.1, 0.15) is 5.56 Å². The molecule has 0 spiro atoms. The molecule has 0 bridgehead atoms. The maximum absolute atomic E-state index is 10.6. The van der Waals surface area contributed by atoms with E-state index in [-0.39, 0.29) is 5.75 Å². The highest BCUT2D eigenvalue weighted by molar-refractivity contribution is 5.63. The highest BCUT2D eigenvalue weighted by Crippen LogP contribution is 2.37. The Morgan fingerprint density at radius 3 is 2.20 bits per heavy atom. The Bertz CT molecular complexity index is 429. The summed E-state index contributed by atoms with van der Waals surface area (Å²) in [5, 5.41) is 21.2. The summed E-state index contributed by atoms with van der Waals surface area (Å²) in [6, 6.07) is 2.52. The van der Waals surface area contributed by atoms with Crippen molar-refractivity contribution in [2.75, 3.05) is 7.11 Å². The Kier molecular flexibility index (Phi) is 2.84. The first-order valence-electron chi connectivity index (χ1n) is 3.94. The van der Waals surface area contributed by atoms with Gasteiger partial charge in [-0.05, 0) is 18.6 Å². The first kappa shape index (κ1) is 10.9. The number of aryl methyl sites for hydroxylation is 1. The zero-order chi connectivity index (χ0) is 11.6. The molecular formula is C8H8N2O5. The second-order valence-electron chi connectivity index (χ2n) is 2.85. The molecule has 0 radical (unpaired) electrons. The fourth-order valence-corrected chi connectivity index (χ4v) is 1.21. The van der Waals surface area contributed by atoms with Gasteiger partial charge in [-0.1, -0.05) is 0 Å². The van der Waals surface area contributed by atoms with E-state index in [1.165, 1.54) is 13.2 Å². The molecule has 0 saturated heterocycles. The number of benzene rings is 1. The smallest absolute Gasteiger partial charge is 0.387 e. The maximum Gasteiger partial charge on any atom is 0.387 e. The standard InChI is InChI=1S/C8H8N2O5/c1-5-3-6(9(11)12)8(10(13)14)7(4-5)15-2/h3-4H,1-2H3. The second kappa shape index (κ2) is 3.91. The maximum atomic E-state index is 10.6. The van der Waals surface area contributed by atoms with Crippen molar-refractivity contribution < 1.29 is 14.6 Å². The Morgan fingerprint density at radius 2 is 1.80 bits per heavy atom. The van der Waals surface area contributed by atoms with Crippen LogP contribution in [-0.4, -0.2) is 17.0 Å². The predicted octanol–water partition coefficient (Wildman–Crippen LogP) is 1.82. The summed E-state index contributed by atoms with van der Waals surface area (Å²) in [4.78, 5) is 19.6. The SMILES string of the molecule is COc1cc(C)cc([N+](=O)[O-])c1[N+](=O)[O-]. The van der Waals surface area contributed by atoms with Crippen molar-refractivity contribution >= 4 is 11.4 Å². The summed E-state index contributed by atoms with van der Waals surface area (Å²) >= 11 is 0. The van der Waals surface area contributed by atoms with Crippen molar-refractivity contribution in [2.45, 2.75) is 6.92 Å². The molecule has 0 heterocycles. The normalized spacial score (nSPS) is 9.73. The van der Waals surface area contributed by atoms with Crippen LogP contribution in [0.2, 0.25) is 0 Å². The fourth-order valence-electron chi connectivity index (χ4n) is 1.21. The largest absolute Gasteiger partial charge is 0.490 e. The topological polar surface area (TPSA) is 95.5 Å². The number of rotatable bonds is 3. The van der Waals surface area contributed by atoms with Crippen LogP contribution in [0.3, 0.4) is 0 Å². The van der Waals surface area contributed by atoms with Gasteiger partial charge < -0.3 is 4.74 Å². The van der Waals surface area contributed by atoms with Gasteiger partial charge in [0.1, 0.15) is 0 Å². The molecule has 0 atom stereocenters. The number of nitro benzene ring substituents is 2. The predicted molar refractivity (Wildman–Crippen MR) is 51.0 cm³/mol.